The van der Waals surface area contributed by atoms with Crippen molar-refractivity contribution in [2.75, 3.05) is 25.1 Å². The summed E-state index contributed by atoms with van der Waals surface area (Å²) < 4.78 is 11.4. The molecule has 0 spiro atoms. The maximum absolute atomic E-state index is 11.9. The summed E-state index contributed by atoms with van der Waals surface area (Å²) in [5.41, 5.74) is 0.357. The lowest BCUT2D eigenvalue weighted by Crippen LogP contribution is -2.46. The molecule has 1 saturated heterocycles. The molecule has 0 aromatic carbocycles. The Balaban J connectivity index is 1.93. The largest absolute Gasteiger partial charge is 0.480 e. The number of anilines is 1. The van der Waals surface area contributed by atoms with Gasteiger partial charge in [-0.2, -0.15) is 4.98 Å². The van der Waals surface area contributed by atoms with Crippen LogP contribution in [0.1, 0.15) is 39.3 Å². The molecular formula is C16H25BrN4O3. The van der Waals surface area contributed by atoms with Crippen LogP contribution in [0.4, 0.5) is 10.7 Å². The average Bonchev–Trinajstić information content (AvgIpc) is 2.48. The summed E-state index contributed by atoms with van der Waals surface area (Å²) in [4.78, 5) is 22.9. The summed E-state index contributed by atoms with van der Waals surface area (Å²) in [5.74, 6) is 1.19. The van der Waals surface area contributed by atoms with E-state index in [-0.39, 0.29) is 12.1 Å². The molecule has 0 unspecified atom stereocenters. The first kappa shape index (κ1) is 18.8. The Morgan fingerprint density at radius 1 is 1.29 bits per heavy atom. The number of hydrogen-bond donors (Lipinski definition) is 1. The molecule has 134 valence electrons. The Labute approximate surface area is 151 Å². The smallest absolute Gasteiger partial charge is 0.407 e. The number of aryl methyl sites for hydroxylation is 1. The molecule has 0 saturated carbocycles. The van der Waals surface area contributed by atoms with E-state index in [2.05, 4.69) is 36.1 Å². The first-order valence-corrected chi connectivity index (χ1v) is 8.81. The van der Waals surface area contributed by atoms with Crippen molar-refractivity contribution in [3.63, 3.8) is 0 Å². The number of piperidine rings is 1. The van der Waals surface area contributed by atoms with Crippen LogP contribution < -0.4 is 15.0 Å². The Bertz CT molecular complexity index is 596. The summed E-state index contributed by atoms with van der Waals surface area (Å²) >= 11 is 3.43. The highest BCUT2D eigenvalue weighted by Crippen LogP contribution is 2.28. The highest BCUT2D eigenvalue weighted by Gasteiger charge is 2.25. The van der Waals surface area contributed by atoms with Gasteiger partial charge in [0.05, 0.1) is 12.8 Å². The van der Waals surface area contributed by atoms with Gasteiger partial charge in [0.2, 0.25) is 11.8 Å². The van der Waals surface area contributed by atoms with Crippen molar-refractivity contribution in [3.05, 3.63) is 10.2 Å². The van der Waals surface area contributed by atoms with E-state index in [4.69, 9.17) is 9.47 Å². The van der Waals surface area contributed by atoms with Crippen molar-refractivity contribution < 1.29 is 14.3 Å². The Morgan fingerprint density at radius 2 is 1.92 bits per heavy atom. The van der Waals surface area contributed by atoms with Crippen LogP contribution in [-0.2, 0) is 4.74 Å². The van der Waals surface area contributed by atoms with Gasteiger partial charge in [0.1, 0.15) is 10.1 Å². The second-order valence-corrected chi connectivity index (χ2v) is 7.63. The number of alkyl carbamates (subject to hydrolysis) is 1. The van der Waals surface area contributed by atoms with Crippen molar-refractivity contribution in [1.29, 1.82) is 0 Å². The molecule has 2 rings (SSSR count). The van der Waals surface area contributed by atoms with E-state index in [1.165, 1.54) is 0 Å². The lowest BCUT2D eigenvalue weighted by atomic mass is 10.1. The van der Waals surface area contributed by atoms with E-state index in [0.29, 0.717) is 11.8 Å². The molecule has 1 amide bonds. The highest BCUT2D eigenvalue weighted by molar-refractivity contribution is 9.10. The van der Waals surface area contributed by atoms with E-state index < -0.39 is 5.60 Å². The molecule has 7 nitrogen and oxygen atoms in total. The first-order chi connectivity index (χ1) is 11.2. The van der Waals surface area contributed by atoms with Crippen molar-refractivity contribution in [2.45, 2.75) is 52.2 Å². The lowest BCUT2D eigenvalue weighted by molar-refractivity contribution is 0.0497. The molecule has 1 N–H and O–H groups in total. The van der Waals surface area contributed by atoms with Gasteiger partial charge >= 0.3 is 6.09 Å². The summed E-state index contributed by atoms with van der Waals surface area (Å²) in [5, 5.41) is 2.93. The number of nitrogens with zero attached hydrogens (tertiary/aromatic N) is 3. The molecular weight excluding hydrogens is 376 g/mol. The summed E-state index contributed by atoms with van der Waals surface area (Å²) in [6, 6.07) is 0.106. The molecule has 8 heteroatoms. The monoisotopic (exact) mass is 400 g/mol. The van der Waals surface area contributed by atoms with E-state index in [1.807, 2.05) is 27.7 Å². The second kappa shape index (κ2) is 7.55. The number of rotatable bonds is 3. The molecule has 1 aliphatic rings. The third-order valence-corrected chi connectivity index (χ3v) is 4.58. The van der Waals surface area contributed by atoms with Gasteiger partial charge < -0.3 is 19.7 Å². The molecule has 1 aromatic rings. The van der Waals surface area contributed by atoms with Crippen LogP contribution in [0.5, 0.6) is 5.88 Å². The minimum Gasteiger partial charge on any atom is -0.480 e. The number of methoxy groups -OCH3 is 1. The Kier molecular flexibility index (Phi) is 5.90. The summed E-state index contributed by atoms with van der Waals surface area (Å²) in [7, 11) is 1.59. The topological polar surface area (TPSA) is 76.6 Å². The minimum atomic E-state index is -0.482. The van der Waals surface area contributed by atoms with Crippen LogP contribution in [0.3, 0.4) is 0 Å². The fourth-order valence-electron chi connectivity index (χ4n) is 2.49. The molecule has 1 aliphatic heterocycles. The number of carbonyl (C=O) groups is 1. The van der Waals surface area contributed by atoms with Crippen LogP contribution in [-0.4, -0.2) is 47.9 Å². The van der Waals surface area contributed by atoms with Gasteiger partial charge in [-0.15, -0.1) is 0 Å². The van der Waals surface area contributed by atoms with Crippen LogP contribution in [0.25, 0.3) is 0 Å². The first-order valence-electron chi connectivity index (χ1n) is 8.02. The van der Waals surface area contributed by atoms with Crippen LogP contribution in [0, 0.1) is 6.92 Å². The number of carbonyl (C=O) groups excluding carboxylic acids is 1. The van der Waals surface area contributed by atoms with Crippen LogP contribution in [0.15, 0.2) is 4.47 Å². The van der Waals surface area contributed by atoms with Crippen molar-refractivity contribution in [3.8, 4) is 5.88 Å². The molecule has 0 atom stereocenters. The van der Waals surface area contributed by atoms with E-state index in [9.17, 15) is 4.79 Å². The van der Waals surface area contributed by atoms with Gasteiger partial charge in [-0.3, -0.25) is 0 Å². The molecule has 0 aliphatic carbocycles. The second-order valence-electron chi connectivity index (χ2n) is 6.84. The summed E-state index contributed by atoms with van der Waals surface area (Å²) in [6.07, 6.45) is 1.28. The molecule has 1 fully saturated rings. The standard InChI is InChI=1S/C16H25BrN4O3/c1-10-12(17)13(23-5)20-14(18-10)21-8-6-11(7-9-21)19-15(22)24-16(2,3)4/h11H,6-9H2,1-5H3,(H,19,22). The highest BCUT2D eigenvalue weighted by atomic mass is 79.9. The Hall–Kier alpha value is -1.57. The van der Waals surface area contributed by atoms with Gasteiger partial charge in [0.15, 0.2) is 0 Å². The SMILES string of the molecule is COc1nc(N2CCC(NC(=O)OC(C)(C)C)CC2)nc(C)c1Br. The van der Waals surface area contributed by atoms with E-state index in [0.717, 1.165) is 36.1 Å². The lowest BCUT2D eigenvalue weighted by Gasteiger charge is -2.33. The predicted octanol–water partition coefficient (Wildman–Crippen LogP) is 3.05. The zero-order valence-corrected chi connectivity index (χ0v) is 16.4. The minimum absolute atomic E-state index is 0.106. The van der Waals surface area contributed by atoms with Gasteiger partial charge in [-0.1, -0.05) is 0 Å². The average molecular weight is 401 g/mol. The zero-order chi connectivity index (χ0) is 17.9. The van der Waals surface area contributed by atoms with Gasteiger partial charge in [0, 0.05) is 19.1 Å². The number of amides is 1. The molecule has 0 bridgehead atoms. The molecule has 0 radical (unpaired) electrons. The van der Waals surface area contributed by atoms with Gasteiger partial charge in [-0.05, 0) is 56.5 Å². The maximum atomic E-state index is 11.9. The number of hydrogen-bond acceptors (Lipinski definition) is 6. The molecule has 24 heavy (non-hydrogen) atoms. The zero-order valence-electron chi connectivity index (χ0n) is 14.9. The number of ether oxygens (including phenoxy) is 2. The summed E-state index contributed by atoms with van der Waals surface area (Å²) in [6.45, 7) is 9.02. The van der Waals surface area contributed by atoms with Gasteiger partial charge in [0.25, 0.3) is 0 Å². The molecule has 2 heterocycles. The van der Waals surface area contributed by atoms with Crippen LogP contribution in [0.2, 0.25) is 0 Å². The van der Waals surface area contributed by atoms with E-state index in [1.54, 1.807) is 7.11 Å². The normalized spacial score (nSPS) is 16.0. The van der Waals surface area contributed by atoms with Crippen molar-refractivity contribution in [1.82, 2.24) is 15.3 Å². The number of aromatic nitrogens is 2. The van der Waals surface area contributed by atoms with Crippen molar-refractivity contribution >= 4 is 28.0 Å². The number of nitrogens with one attached hydrogen (secondary N) is 1. The Morgan fingerprint density at radius 3 is 2.46 bits per heavy atom. The predicted molar refractivity (Wildman–Crippen MR) is 95.6 cm³/mol. The van der Waals surface area contributed by atoms with Gasteiger partial charge in [-0.25, -0.2) is 9.78 Å². The maximum Gasteiger partial charge on any atom is 0.407 e. The van der Waals surface area contributed by atoms with Crippen molar-refractivity contribution in [2.24, 2.45) is 0 Å². The number of halogens is 1. The third-order valence-electron chi connectivity index (χ3n) is 3.67. The van der Waals surface area contributed by atoms with Crippen LogP contribution >= 0.6 is 15.9 Å². The quantitative estimate of drug-likeness (QED) is 0.839. The third kappa shape index (κ3) is 4.96. The molecule has 1 aromatic heterocycles. The fraction of sp³-hybridized carbons (Fsp3) is 0.688. The fourth-order valence-corrected chi connectivity index (χ4v) is 2.83. The van der Waals surface area contributed by atoms with E-state index >= 15 is 0 Å².